The van der Waals surface area contributed by atoms with E-state index in [9.17, 15) is 4.79 Å². The topological polar surface area (TPSA) is 73.6 Å². The van der Waals surface area contributed by atoms with Gasteiger partial charge in [-0.05, 0) is 37.1 Å². The number of carbonyl (C=O) groups excluding carboxylic acids is 1. The van der Waals surface area contributed by atoms with E-state index in [2.05, 4.69) is 5.32 Å². The molecule has 0 spiro atoms. The van der Waals surface area contributed by atoms with E-state index in [-0.39, 0.29) is 12.5 Å². The molecule has 0 aromatic heterocycles. The lowest BCUT2D eigenvalue weighted by Gasteiger charge is -2.20. The SMILES string of the molecule is Cc1ccc(Oc2cc3c(cc2N)OCC(=O)N3)cc1C. The number of nitrogens with two attached hydrogens (primary N) is 1. The van der Waals surface area contributed by atoms with Gasteiger partial charge in [0.25, 0.3) is 5.91 Å². The molecule has 0 saturated heterocycles. The number of rotatable bonds is 2. The van der Waals surface area contributed by atoms with Crippen LogP contribution < -0.4 is 20.5 Å². The van der Waals surface area contributed by atoms with Crippen molar-refractivity contribution in [2.75, 3.05) is 17.7 Å². The average Bonchev–Trinajstić information content (AvgIpc) is 2.44. The van der Waals surface area contributed by atoms with E-state index in [1.54, 1.807) is 12.1 Å². The van der Waals surface area contributed by atoms with Crippen LogP contribution in [0.15, 0.2) is 30.3 Å². The molecule has 1 amide bonds. The minimum Gasteiger partial charge on any atom is -0.481 e. The van der Waals surface area contributed by atoms with Gasteiger partial charge in [-0.15, -0.1) is 0 Å². The quantitative estimate of drug-likeness (QED) is 0.831. The van der Waals surface area contributed by atoms with Gasteiger partial charge in [-0.3, -0.25) is 4.79 Å². The van der Waals surface area contributed by atoms with Crippen LogP contribution in [0, 0.1) is 13.8 Å². The van der Waals surface area contributed by atoms with Gasteiger partial charge in [0.1, 0.15) is 11.5 Å². The number of carbonyl (C=O) groups is 1. The van der Waals surface area contributed by atoms with Gasteiger partial charge in [-0.25, -0.2) is 0 Å². The molecule has 3 rings (SSSR count). The Morgan fingerprint density at radius 2 is 2.00 bits per heavy atom. The number of nitrogen functional groups attached to an aromatic ring is 1. The summed E-state index contributed by atoms with van der Waals surface area (Å²) in [6, 6.07) is 9.16. The van der Waals surface area contributed by atoms with Crippen LogP contribution in [0.3, 0.4) is 0 Å². The summed E-state index contributed by atoms with van der Waals surface area (Å²) in [5, 5.41) is 2.73. The number of anilines is 2. The van der Waals surface area contributed by atoms with E-state index >= 15 is 0 Å². The van der Waals surface area contributed by atoms with Crippen molar-refractivity contribution in [2.45, 2.75) is 13.8 Å². The van der Waals surface area contributed by atoms with E-state index in [4.69, 9.17) is 15.2 Å². The third-order valence-electron chi connectivity index (χ3n) is 3.45. The molecule has 0 saturated carbocycles. The van der Waals surface area contributed by atoms with Gasteiger partial charge < -0.3 is 20.5 Å². The summed E-state index contributed by atoms with van der Waals surface area (Å²) < 4.78 is 11.1. The average molecular weight is 284 g/mol. The van der Waals surface area contributed by atoms with Gasteiger partial charge in [0.2, 0.25) is 0 Å². The van der Waals surface area contributed by atoms with Crippen LogP contribution in [0.5, 0.6) is 17.2 Å². The van der Waals surface area contributed by atoms with Crippen molar-refractivity contribution < 1.29 is 14.3 Å². The number of fused-ring (bicyclic) bond motifs is 1. The fraction of sp³-hybridized carbons (Fsp3) is 0.188. The highest BCUT2D eigenvalue weighted by atomic mass is 16.5. The lowest BCUT2D eigenvalue weighted by Crippen LogP contribution is -2.25. The van der Waals surface area contributed by atoms with Crippen LogP contribution in [-0.2, 0) is 4.79 Å². The van der Waals surface area contributed by atoms with Crippen molar-refractivity contribution in [2.24, 2.45) is 0 Å². The molecule has 0 unspecified atom stereocenters. The van der Waals surface area contributed by atoms with Crippen molar-refractivity contribution >= 4 is 17.3 Å². The molecule has 2 aromatic rings. The third-order valence-corrected chi connectivity index (χ3v) is 3.45. The maximum absolute atomic E-state index is 11.4. The molecule has 0 bridgehead atoms. The molecule has 2 aromatic carbocycles. The summed E-state index contributed by atoms with van der Waals surface area (Å²) in [5.74, 6) is 1.56. The van der Waals surface area contributed by atoms with Gasteiger partial charge in [-0.2, -0.15) is 0 Å². The maximum atomic E-state index is 11.4. The Kier molecular flexibility index (Phi) is 3.17. The number of hydrogen-bond acceptors (Lipinski definition) is 4. The number of ether oxygens (including phenoxy) is 2. The van der Waals surface area contributed by atoms with Crippen LogP contribution in [0.4, 0.5) is 11.4 Å². The molecule has 0 aliphatic carbocycles. The fourth-order valence-electron chi connectivity index (χ4n) is 2.12. The highest BCUT2D eigenvalue weighted by Gasteiger charge is 2.18. The monoisotopic (exact) mass is 284 g/mol. The summed E-state index contributed by atoms with van der Waals surface area (Å²) in [6.45, 7) is 4.06. The molecule has 0 fully saturated rings. The Bertz CT molecular complexity index is 726. The Morgan fingerprint density at radius 3 is 2.76 bits per heavy atom. The van der Waals surface area contributed by atoms with Crippen LogP contribution in [0.2, 0.25) is 0 Å². The Labute approximate surface area is 122 Å². The zero-order valence-electron chi connectivity index (χ0n) is 11.9. The second-order valence-electron chi connectivity index (χ2n) is 5.07. The zero-order valence-corrected chi connectivity index (χ0v) is 11.9. The molecule has 0 atom stereocenters. The van der Waals surface area contributed by atoms with E-state index < -0.39 is 0 Å². The second-order valence-corrected chi connectivity index (χ2v) is 5.07. The van der Waals surface area contributed by atoms with Gasteiger partial charge in [0, 0.05) is 12.1 Å². The van der Waals surface area contributed by atoms with Crippen molar-refractivity contribution in [1.29, 1.82) is 0 Å². The van der Waals surface area contributed by atoms with Crippen molar-refractivity contribution in [3.05, 3.63) is 41.5 Å². The van der Waals surface area contributed by atoms with Crippen molar-refractivity contribution in [3.63, 3.8) is 0 Å². The smallest absolute Gasteiger partial charge is 0.262 e. The highest BCUT2D eigenvalue weighted by Crippen LogP contribution is 2.38. The van der Waals surface area contributed by atoms with Crippen LogP contribution >= 0.6 is 0 Å². The van der Waals surface area contributed by atoms with E-state index in [0.717, 1.165) is 5.56 Å². The lowest BCUT2D eigenvalue weighted by molar-refractivity contribution is -0.118. The number of aryl methyl sites for hydroxylation is 2. The normalized spacial score (nSPS) is 13.1. The summed E-state index contributed by atoms with van der Waals surface area (Å²) in [6.07, 6.45) is 0. The lowest BCUT2D eigenvalue weighted by atomic mass is 10.1. The predicted octanol–water partition coefficient (Wildman–Crippen LogP) is 3.01. The second kappa shape index (κ2) is 5.01. The van der Waals surface area contributed by atoms with E-state index in [1.807, 2.05) is 32.0 Å². The Hall–Kier alpha value is -2.69. The Morgan fingerprint density at radius 1 is 1.19 bits per heavy atom. The number of amides is 1. The molecule has 5 heteroatoms. The van der Waals surface area contributed by atoms with Gasteiger partial charge >= 0.3 is 0 Å². The van der Waals surface area contributed by atoms with Gasteiger partial charge in [-0.1, -0.05) is 6.07 Å². The first-order valence-corrected chi connectivity index (χ1v) is 6.64. The molecule has 5 nitrogen and oxygen atoms in total. The van der Waals surface area contributed by atoms with Crippen molar-refractivity contribution in [1.82, 2.24) is 0 Å². The molecular formula is C16H16N2O3. The summed E-state index contributed by atoms with van der Waals surface area (Å²) >= 11 is 0. The molecule has 3 N–H and O–H groups in total. The maximum Gasteiger partial charge on any atom is 0.262 e. The molecule has 108 valence electrons. The molecule has 0 radical (unpaired) electrons. The third kappa shape index (κ3) is 2.63. The Balaban J connectivity index is 1.93. The molecule has 1 heterocycles. The van der Waals surface area contributed by atoms with Gasteiger partial charge in [0.15, 0.2) is 12.4 Å². The van der Waals surface area contributed by atoms with E-state index in [0.29, 0.717) is 28.6 Å². The predicted molar refractivity (Wildman–Crippen MR) is 81.0 cm³/mol. The molecule has 21 heavy (non-hydrogen) atoms. The molecular weight excluding hydrogens is 268 g/mol. The minimum atomic E-state index is -0.190. The highest BCUT2D eigenvalue weighted by molar-refractivity contribution is 5.96. The van der Waals surface area contributed by atoms with Crippen LogP contribution in [0.25, 0.3) is 0 Å². The first kappa shape index (κ1) is 13.3. The first-order valence-electron chi connectivity index (χ1n) is 6.64. The summed E-state index contributed by atoms with van der Waals surface area (Å²) in [7, 11) is 0. The summed E-state index contributed by atoms with van der Waals surface area (Å²) in [5.41, 5.74) is 9.34. The van der Waals surface area contributed by atoms with Crippen molar-refractivity contribution in [3.8, 4) is 17.2 Å². The largest absolute Gasteiger partial charge is 0.481 e. The van der Waals surface area contributed by atoms with Crippen LogP contribution in [0.1, 0.15) is 11.1 Å². The number of nitrogens with one attached hydrogen (secondary N) is 1. The fourth-order valence-corrected chi connectivity index (χ4v) is 2.12. The molecule has 1 aliphatic rings. The van der Waals surface area contributed by atoms with E-state index in [1.165, 1.54) is 5.56 Å². The van der Waals surface area contributed by atoms with Crippen LogP contribution in [-0.4, -0.2) is 12.5 Å². The first-order chi connectivity index (χ1) is 10.0. The number of benzene rings is 2. The minimum absolute atomic E-state index is 0.00377. The summed E-state index contributed by atoms with van der Waals surface area (Å²) in [4.78, 5) is 11.4. The zero-order chi connectivity index (χ0) is 15.0. The molecule has 1 aliphatic heterocycles. The van der Waals surface area contributed by atoms with Gasteiger partial charge in [0.05, 0.1) is 11.4 Å². The standard InChI is InChI=1S/C16H16N2O3/c1-9-3-4-11(5-10(9)2)21-14-7-13-15(6-12(14)17)20-8-16(19)18-13/h3-7H,8,17H2,1-2H3,(H,18,19). The number of hydrogen-bond donors (Lipinski definition) is 2.